The van der Waals surface area contributed by atoms with Crippen molar-refractivity contribution in [3.63, 3.8) is 0 Å². The zero-order chi connectivity index (χ0) is 85.7. The summed E-state index contributed by atoms with van der Waals surface area (Å²) in [5.41, 5.74) is 30.3. The van der Waals surface area contributed by atoms with E-state index in [0.29, 0.717) is 47.8 Å². The van der Waals surface area contributed by atoms with Crippen LogP contribution < -0.4 is 0 Å². The largest absolute Gasteiger partial charge is 0.347 e. The minimum absolute atomic E-state index is 0.481. The second kappa shape index (κ2) is 50.6. The van der Waals surface area contributed by atoms with E-state index in [1.165, 1.54) is 123 Å². The van der Waals surface area contributed by atoms with Gasteiger partial charge in [0.15, 0.2) is 0 Å². The molecule has 616 valence electrons. The van der Waals surface area contributed by atoms with Crippen LogP contribution in [0.15, 0.2) is 201 Å². The summed E-state index contributed by atoms with van der Waals surface area (Å²) < 4.78 is 8.86. The van der Waals surface area contributed by atoms with Gasteiger partial charge in [-0.25, -0.2) is 15.0 Å². The Morgan fingerprint density at radius 1 is 0.357 bits per heavy atom. The first-order valence-corrected chi connectivity index (χ1v) is 42.1. The lowest BCUT2D eigenvalue weighted by Gasteiger charge is -2.28. The fraction of sp³-hybridized carbons (Fsp3) is 0.490. The van der Waals surface area contributed by atoms with Crippen molar-refractivity contribution < 1.29 is 0 Å². The Hall–Kier alpha value is -9.30. The Labute approximate surface area is 682 Å². The number of nitrogens with zero attached hydrogens (tertiary/aromatic N) is 14. The van der Waals surface area contributed by atoms with Crippen molar-refractivity contribution in [1.29, 1.82) is 0 Å². The van der Waals surface area contributed by atoms with Crippen LogP contribution in [0.3, 0.4) is 0 Å². The molecule has 112 heavy (non-hydrogen) atoms. The Balaban J connectivity index is 0.000000623. The number of aromatic nitrogens is 7. The molecule has 16 rings (SSSR count). The van der Waals surface area contributed by atoms with Crippen molar-refractivity contribution in [2.24, 2.45) is 38.8 Å². The van der Waals surface area contributed by atoms with Crippen LogP contribution in [0, 0.1) is 107 Å². The maximum atomic E-state index is 4.32. The molecule has 8 aromatic rings. The normalized spacial score (nSPS) is 19.3. The molecule has 0 bridgehead atoms. The summed E-state index contributed by atoms with van der Waals surface area (Å²) in [6, 6.07) is 21.2. The summed E-state index contributed by atoms with van der Waals surface area (Å²) in [6.07, 6.45) is 34.5. The van der Waals surface area contributed by atoms with Gasteiger partial charge in [-0.3, -0.25) is 15.0 Å². The first-order chi connectivity index (χ1) is 53.6. The number of aliphatic imine (C=N–C) groups is 2. The number of aryl methyl sites for hydroxylation is 12. The Kier molecular flexibility index (Phi) is 45.5. The average molecular weight is 1530 g/mol. The standard InChI is InChI=1S/C11H13N.C11H15N.C10H14N2.C10H12N2.C10H14N2.2C10H12N2.C10H14N2.8C2H6/c1-8-7-11-6-4-5-9(2)12(11)10(8)3;1-8-5-4-6-12-7-9(2)10(3)11(8)12;1-7-4-11-6-12-5-8(2)9(3)10(7)12;1-7-4-10-6-11-5-8(2)12(10)9(7)3;1-7-6-12-5-4-11-9(3)10(12)8(7)2;1-7-6-10-4-5-11-9(3)12(10)8(7)2;1-7-6-10-11-5-4-8(2)12(10)9(7)3;1-7-4-5-11-12-6-8(2)9(3)10(7)12;8*1-2/h4-7H,1-3H3;4-7,10-11H,1-3H3;4-6,9-10H,1-3H3;4-6H,1-3H3;4-6,8,10H,1-3H3;2*4-6H,1-3H3;4-6,9-10H,1-3H3;8*1-2H3. The van der Waals surface area contributed by atoms with Gasteiger partial charge in [0.05, 0.1) is 42.2 Å². The van der Waals surface area contributed by atoms with Crippen LogP contribution in [0.2, 0.25) is 0 Å². The van der Waals surface area contributed by atoms with E-state index >= 15 is 0 Å². The van der Waals surface area contributed by atoms with E-state index in [9.17, 15) is 0 Å². The number of fused-ring (bicyclic) bond motifs is 8. The van der Waals surface area contributed by atoms with E-state index in [-0.39, 0.29) is 0 Å². The lowest BCUT2D eigenvalue weighted by molar-refractivity contribution is 0.306. The van der Waals surface area contributed by atoms with Crippen LogP contribution >= 0.6 is 0 Å². The fourth-order valence-corrected chi connectivity index (χ4v) is 14.4. The maximum absolute atomic E-state index is 4.32. The van der Waals surface area contributed by atoms with Crippen molar-refractivity contribution in [2.75, 3.05) is 0 Å². The molecule has 16 heterocycles. The minimum Gasteiger partial charge on any atom is -0.347 e. The van der Waals surface area contributed by atoms with E-state index < -0.39 is 0 Å². The third-order valence-corrected chi connectivity index (χ3v) is 20.9. The van der Waals surface area contributed by atoms with Crippen molar-refractivity contribution in [3.8, 4) is 0 Å². The minimum atomic E-state index is 0.481. The molecule has 14 heteroatoms. The topological polar surface area (TPSA) is 106 Å². The van der Waals surface area contributed by atoms with Gasteiger partial charge in [0, 0.05) is 155 Å². The molecule has 0 spiro atoms. The summed E-state index contributed by atoms with van der Waals surface area (Å²) in [6.45, 7) is 83.9. The molecule has 0 N–H and O–H groups in total. The summed E-state index contributed by atoms with van der Waals surface area (Å²) in [5, 5.41) is 6.36. The van der Waals surface area contributed by atoms with Gasteiger partial charge >= 0.3 is 0 Å². The molecule has 8 unspecified atom stereocenters. The van der Waals surface area contributed by atoms with Crippen LogP contribution in [0.25, 0.3) is 22.2 Å². The van der Waals surface area contributed by atoms with Crippen LogP contribution in [-0.2, 0) is 0 Å². The van der Waals surface area contributed by atoms with E-state index in [0.717, 1.165) is 11.5 Å². The van der Waals surface area contributed by atoms with E-state index in [1.807, 2.05) is 186 Å². The van der Waals surface area contributed by atoms with Crippen molar-refractivity contribution in [3.05, 3.63) is 254 Å². The number of allylic oxidation sites excluding steroid dienone is 3. The number of hydrazone groups is 1. The first kappa shape index (κ1) is 101. The molecule has 8 aromatic heterocycles. The zero-order valence-electron chi connectivity index (χ0n) is 77.9. The number of hydrogen-bond donors (Lipinski definition) is 0. The highest BCUT2D eigenvalue weighted by Gasteiger charge is 2.35. The number of pyridine rings is 1. The molecule has 0 saturated carbocycles. The number of hydrogen-bond acceptors (Lipinski definition) is 10. The third-order valence-electron chi connectivity index (χ3n) is 20.9. The van der Waals surface area contributed by atoms with E-state index in [4.69, 9.17) is 0 Å². The van der Waals surface area contributed by atoms with Crippen LogP contribution in [0.5, 0.6) is 0 Å². The Morgan fingerprint density at radius 2 is 0.795 bits per heavy atom. The smallest absolute Gasteiger partial charge is 0.137 e. The van der Waals surface area contributed by atoms with Gasteiger partial charge in [-0.15, -0.1) is 0 Å². The quantitative estimate of drug-likeness (QED) is 0.149. The second-order valence-corrected chi connectivity index (χ2v) is 27.7. The molecule has 0 aliphatic carbocycles. The SMILES string of the molecule is CC.CC.CC.CC.CC.CC.CC.CC.CC1=CN2C=CC=C(C)C2C1C.CC1=CN2C=CN=C(C)C2C1C.CC1=CN2C=NC=C(C)C2C1C.CC1=CN2N=CC=C(C)C2C1C.Cc1cc2cccc(C)n2c1C.Cc1cc2ccnc(C)n2c1C.Cc1cc2cncc(C)n2c1C.Cc1cc2nccc(C)n2c1C. The van der Waals surface area contributed by atoms with Gasteiger partial charge in [-0.05, 0) is 233 Å². The highest BCUT2D eigenvalue weighted by Crippen LogP contribution is 2.37. The molecule has 0 fully saturated rings. The predicted molar refractivity (Wildman–Crippen MR) is 494 cm³/mol. The predicted octanol–water partition coefficient (Wildman–Crippen LogP) is 27.0. The lowest BCUT2D eigenvalue weighted by Crippen LogP contribution is -2.35. The van der Waals surface area contributed by atoms with Gasteiger partial charge in [-0.1, -0.05) is 178 Å². The maximum Gasteiger partial charge on any atom is 0.137 e. The van der Waals surface area contributed by atoms with Crippen LogP contribution in [0.4, 0.5) is 0 Å². The zero-order valence-corrected chi connectivity index (χ0v) is 77.9. The molecular formula is C98H154N14. The monoisotopic (exact) mass is 1530 g/mol. The molecule has 14 nitrogen and oxygen atoms in total. The first-order valence-electron chi connectivity index (χ1n) is 42.1. The summed E-state index contributed by atoms with van der Waals surface area (Å²) >= 11 is 0. The molecule has 0 saturated heterocycles. The summed E-state index contributed by atoms with van der Waals surface area (Å²) in [5.74, 6) is 3.58. The van der Waals surface area contributed by atoms with E-state index in [1.54, 1.807) is 0 Å². The van der Waals surface area contributed by atoms with Crippen molar-refractivity contribution in [1.82, 2.24) is 52.3 Å². The molecule has 8 aliphatic heterocycles. The molecule has 8 aliphatic rings. The summed E-state index contributed by atoms with van der Waals surface area (Å²) in [4.78, 5) is 27.9. The third kappa shape index (κ3) is 25.4. The lowest BCUT2D eigenvalue weighted by atomic mass is 9.91. The average Bonchev–Trinajstić information content (AvgIpc) is 1.73. The molecule has 0 aromatic carbocycles. The van der Waals surface area contributed by atoms with Gasteiger partial charge in [-0.2, -0.15) is 5.10 Å². The van der Waals surface area contributed by atoms with Crippen molar-refractivity contribution >= 4 is 40.5 Å². The Bertz CT molecular complexity index is 3990. The summed E-state index contributed by atoms with van der Waals surface area (Å²) in [7, 11) is 0. The number of rotatable bonds is 0. The van der Waals surface area contributed by atoms with Crippen molar-refractivity contribution in [2.45, 2.75) is 301 Å². The molecule has 0 radical (unpaired) electrons. The fourth-order valence-electron chi connectivity index (χ4n) is 14.4. The molecule has 0 amide bonds. The van der Waals surface area contributed by atoms with Gasteiger partial charge in [0.2, 0.25) is 0 Å². The van der Waals surface area contributed by atoms with Crippen LogP contribution in [-0.4, -0.2) is 94.7 Å². The van der Waals surface area contributed by atoms with Gasteiger partial charge < -0.3 is 32.3 Å². The van der Waals surface area contributed by atoms with Gasteiger partial charge in [0.1, 0.15) is 11.5 Å². The highest BCUT2D eigenvalue weighted by molar-refractivity contribution is 5.90. The Morgan fingerprint density at radius 3 is 1.29 bits per heavy atom. The highest BCUT2D eigenvalue weighted by atomic mass is 15.5. The van der Waals surface area contributed by atoms with E-state index in [2.05, 4.69) is 318 Å². The molecular weight excluding hydrogens is 1370 g/mol. The van der Waals surface area contributed by atoms with Gasteiger partial charge in [0.25, 0.3) is 0 Å². The van der Waals surface area contributed by atoms with Crippen LogP contribution in [0.1, 0.15) is 262 Å². The molecule has 8 atom stereocenters. The second-order valence-electron chi connectivity index (χ2n) is 27.7.